The Morgan fingerprint density at radius 3 is 2.72 bits per heavy atom. The van der Waals surface area contributed by atoms with E-state index in [9.17, 15) is 4.39 Å². The highest BCUT2D eigenvalue weighted by atomic mass is 32.1. The van der Waals surface area contributed by atoms with Crippen molar-refractivity contribution in [2.75, 3.05) is 11.4 Å². The number of benzene rings is 1. The largest absolute Gasteiger partial charge is 0.340 e. The van der Waals surface area contributed by atoms with E-state index in [0.29, 0.717) is 6.04 Å². The molecule has 3 nitrogen and oxygen atoms in total. The number of halogens is 1. The first-order valence-electron chi connectivity index (χ1n) is 6.06. The van der Waals surface area contributed by atoms with Gasteiger partial charge in [0.1, 0.15) is 10.8 Å². The van der Waals surface area contributed by atoms with E-state index in [1.807, 2.05) is 19.1 Å². The van der Waals surface area contributed by atoms with Crippen LogP contribution in [0.1, 0.15) is 29.5 Å². The number of hydrogen-bond acceptors (Lipinski definition) is 4. The molecule has 0 radical (unpaired) electrons. The minimum Gasteiger partial charge on any atom is -0.340 e. The summed E-state index contributed by atoms with van der Waals surface area (Å²) in [6.07, 6.45) is 2.23. The van der Waals surface area contributed by atoms with Gasteiger partial charge in [-0.3, -0.25) is 0 Å². The van der Waals surface area contributed by atoms with Crippen LogP contribution in [0.4, 0.5) is 9.52 Å². The monoisotopic (exact) mass is 263 g/mol. The molecule has 1 saturated heterocycles. The normalized spacial score (nSPS) is 19.4. The number of hydrogen-bond donors (Lipinski definition) is 0. The average molecular weight is 263 g/mol. The summed E-state index contributed by atoms with van der Waals surface area (Å²) < 4.78 is 13.0. The maximum absolute atomic E-state index is 13.0. The van der Waals surface area contributed by atoms with Gasteiger partial charge in [-0.1, -0.05) is 23.5 Å². The van der Waals surface area contributed by atoms with Crippen LogP contribution >= 0.6 is 11.3 Å². The molecular formula is C13H14FN3S. The van der Waals surface area contributed by atoms with E-state index >= 15 is 0 Å². The zero-order chi connectivity index (χ0) is 12.5. The van der Waals surface area contributed by atoms with Crippen LogP contribution in [0.25, 0.3) is 0 Å². The molecule has 3 rings (SSSR count). The van der Waals surface area contributed by atoms with E-state index in [-0.39, 0.29) is 5.82 Å². The third-order valence-corrected chi connectivity index (χ3v) is 4.14. The lowest BCUT2D eigenvalue weighted by Gasteiger charge is -2.23. The van der Waals surface area contributed by atoms with Crippen LogP contribution in [0, 0.1) is 12.7 Å². The van der Waals surface area contributed by atoms with Crippen LogP contribution in [0.3, 0.4) is 0 Å². The smallest absolute Gasteiger partial charge is 0.208 e. The van der Waals surface area contributed by atoms with E-state index in [1.54, 1.807) is 11.3 Å². The van der Waals surface area contributed by atoms with Crippen LogP contribution in [-0.4, -0.2) is 16.7 Å². The van der Waals surface area contributed by atoms with Crippen molar-refractivity contribution in [3.05, 3.63) is 40.7 Å². The standard InChI is InChI=1S/C13H14FN3S/c1-9-15-16-13(18-9)17-8-2-3-12(17)10-4-6-11(14)7-5-10/h4-7,12H,2-3,8H2,1H3/t12-/m0/s1. The fraction of sp³-hybridized carbons (Fsp3) is 0.385. The molecule has 2 heterocycles. The molecule has 94 valence electrons. The maximum atomic E-state index is 13.0. The molecule has 1 aromatic carbocycles. The van der Waals surface area contributed by atoms with Gasteiger partial charge in [0.25, 0.3) is 0 Å². The second-order valence-electron chi connectivity index (χ2n) is 4.51. The quantitative estimate of drug-likeness (QED) is 0.832. The van der Waals surface area contributed by atoms with Crippen LogP contribution < -0.4 is 4.90 Å². The fourth-order valence-electron chi connectivity index (χ4n) is 2.43. The van der Waals surface area contributed by atoms with E-state index in [2.05, 4.69) is 15.1 Å². The number of anilines is 1. The summed E-state index contributed by atoms with van der Waals surface area (Å²) in [5, 5.41) is 10.2. The second-order valence-corrected chi connectivity index (χ2v) is 5.67. The lowest BCUT2D eigenvalue weighted by Crippen LogP contribution is -2.22. The Bertz CT molecular complexity index is 537. The summed E-state index contributed by atoms with van der Waals surface area (Å²) in [5.41, 5.74) is 1.15. The molecule has 5 heteroatoms. The minimum atomic E-state index is -0.185. The molecule has 0 spiro atoms. The molecule has 0 N–H and O–H groups in total. The van der Waals surface area contributed by atoms with Crippen molar-refractivity contribution in [3.63, 3.8) is 0 Å². The highest BCUT2D eigenvalue weighted by molar-refractivity contribution is 7.15. The Balaban J connectivity index is 1.89. The predicted octanol–water partition coefficient (Wildman–Crippen LogP) is 3.33. The van der Waals surface area contributed by atoms with Gasteiger partial charge in [0.15, 0.2) is 0 Å². The van der Waals surface area contributed by atoms with Crippen molar-refractivity contribution >= 4 is 16.5 Å². The predicted molar refractivity (Wildman–Crippen MR) is 70.4 cm³/mol. The van der Waals surface area contributed by atoms with Crippen LogP contribution in [0.2, 0.25) is 0 Å². The Labute approximate surface area is 109 Å². The zero-order valence-corrected chi connectivity index (χ0v) is 11.0. The first-order valence-corrected chi connectivity index (χ1v) is 6.88. The van der Waals surface area contributed by atoms with Crippen LogP contribution in [-0.2, 0) is 0 Å². The number of aromatic nitrogens is 2. The summed E-state index contributed by atoms with van der Waals surface area (Å²) in [7, 11) is 0. The first-order chi connectivity index (χ1) is 8.74. The van der Waals surface area contributed by atoms with E-state index < -0.39 is 0 Å². The third-order valence-electron chi connectivity index (χ3n) is 3.27. The third kappa shape index (κ3) is 2.10. The van der Waals surface area contributed by atoms with Crippen molar-refractivity contribution in [3.8, 4) is 0 Å². The van der Waals surface area contributed by atoms with Gasteiger partial charge in [-0.05, 0) is 37.5 Å². The first kappa shape index (κ1) is 11.6. The molecule has 2 aromatic rings. The molecule has 0 saturated carbocycles. The van der Waals surface area contributed by atoms with Crippen molar-refractivity contribution in [1.29, 1.82) is 0 Å². The van der Waals surface area contributed by atoms with Gasteiger partial charge in [-0.25, -0.2) is 4.39 Å². The SMILES string of the molecule is Cc1nnc(N2CCC[C@H]2c2ccc(F)cc2)s1. The van der Waals surface area contributed by atoms with Gasteiger partial charge >= 0.3 is 0 Å². The summed E-state index contributed by atoms with van der Waals surface area (Å²) in [6, 6.07) is 7.09. The molecule has 0 aliphatic carbocycles. The number of rotatable bonds is 2. The summed E-state index contributed by atoms with van der Waals surface area (Å²) in [6.45, 7) is 2.96. The number of nitrogens with zero attached hydrogens (tertiary/aromatic N) is 3. The van der Waals surface area contributed by atoms with Crippen molar-refractivity contribution < 1.29 is 4.39 Å². The average Bonchev–Trinajstić information content (AvgIpc) is 2.98. The van der Waals surface area contributed by atoms with Crippen molar-refractivity contribution in [1.82, 2.24) is 10.2 Å². The van der Waals surface area contributed by atoms with Gasteiger partial charge < -0.3 is 4.90 Å². The molecule has 1 atom stereocenters. The lowest BCUT2D eigenvalue weighted by molar-refractivity contribution is 0.624. The molecule has 18 heavy (non-hydrogen) atoms. The second kappa shape index (κ2) is 4.65. The molecular weight excluding hydrogens is 249 g/mol. The van der Waals surface area contributed by atoms with Gasteiger partial charge in [0, 0.05) is 6.54 Å². The van der Waals surface area contributed by atoms with E-state index in [4.69, 9.17) is 0 Å². The molecule has 0 amide bonds. The molecule has 0 unspecified atom stereocenters. The van der Waals surface area contributed by atoms with Crippen molar-refractivity contribution in [2.24, 2.45) is 0 Å². The van der Waals surface area contributed by atoms with Crippen LogP contribution in [0.5, 0.6) is 0 Å². The molecule has 1 aromatic heterocycles. The summed E-state index contributed by atoms with van der Waals surface area (Å²) >= 11 is 1.62. The summed E-state index contributed by atoms with van der Waals surface area (Å²) in [4.78, 5) is 2.28. The molecule has 1 fully saturated rings. The van der Waals surface area contributed by atoms with Crippen LogP contribution in [0.15, 0.2) is 24.3 Å². The minimum absolute atomic E-state index is 0.185. The fourth-order valence-corrected chi connectivity index (χ4v) is 3.19. The lowest BCUT2D eigenvalue weighted by atomic mass is 10.1. The highest BCUT2D eigenvalue weighted by Crippen LogP contribution is 2.37. The zero-order valence-electron chi connectivity index (χ0n) is 10.1. The van der Waals surface area contributed by atoms with Gasteiger partial charge in [-0.2, -0.15) is 0 Å². The Morgan fingerprint density at radius 1 is 1.28 bits per heavy atom. The Kier molecular flexibility index (Phi) is 2.99. The molecule has 1 aliphatic rings. The Hall–Kier alpha value is -1.49. The highest BCUT2D eigenvalue weighted by Gasteiger charge is 2.28. The molecule has 0 bridgehead atoms. The summed E-state index contributed by atoms with van der Waals surface area (Å²) in [5.74, 6) is -0.185. The number of aryl methyl sites for hydroxylation is 1. The maximum Gasteiger partial charge on any atom is 0.208 e. The molecule has 1 aliphatic heterocycles. The Morgan fingerprint density at radius 2 is 2.06 bits per heavy atom. The van der Waals surface area contributed by atoms with E-state index in [1.165, 1.54) is 12.1 Å². The van der Waals surface area contributed by atoms with Gasteiger partial charge in [-0.15, -0.1) is 10.2 Å². The van der Waals surface area contributed by atoms with Crippen molar-refractivity contribution in [2.45, 2.75) is 25.8 Å². The topological polar surface area (TPSA) is 29.0 Å². The van der Waals surface area contributed by atoms with Gasteiger partial charge in [0.05, 0.1) is 6.04 Å². The van der Waals surface area contributed by atoms with Gasteiger partial charge in [0.2, 0.25) is 5.13 Å². The van der Waals surface area contributed by atoms with E-state index in [0.717, 1.165) is 35.1 Å².